The number of hydrogen-bond acceptors (Lipinski definition) is 4. The van der Waals surface area contributed by atoms with Gasteiger partial charge in [-0.15, -0.1) is 12.4 Å². The Morgan fingerprint density at radius 3 is 2.22 bits per heavy atom. The van der Waals surface area contributed by atoms with Gasteiger partial charge in [0.25, 0.3) is 5.91 Å². The van der Waals surface area contributed by atoms with Crippen LogP contribution in [-0.4, -0.2) is 31.7 Å². The lowest BCUT2D eigenvalue weighted by molar-refractivity contribution is 0.102. The van der Waals surface area contributed by atoms with Crippen LogP contribution < -0.4 is 11.1 Å². The molecular formula is C19H26ClN3O3S. The highest BCUT2D eigenvalue weighted by Gasteiger charge is 2.24. The van der Waals surface area contributed by atoms with Crippen LogP contribution in [0.5, 0.6) is 0 Å². The number of halogens is 1. The number of hydrogen-bond donors (Lipinski definition) is 2. The van der Waals surface area contributed by atoms with E-state index in [9.17, 15) is 13.2 Å². The van der Waals surface area contributed by atoms with Gasteiger partial charge in [0.15, 0.2) is 0 Å². The van der Waals surface area contributed by atoms with Crippen LogP contribution in [0.2, 0.25) is 0 Å². The zero-order valence-electron chi connectivity index (χ0n) is 15.9. The molecule has 0 spiro atoms. The van der Waals surface area contributed by atoms with E-state index in [-0.39, 0.29) is 28.8 Å². The summed E-state index contributed by atoms with van der Waals surface area (Å²) in [7, 11) is -3.64. The summed E-state index contributed by atoms with van der Waals surface area (Å²) >= 11 is 0. The summed E-state index contributed by atoms with van der Waals surface area (Å²) in [5.41, 5.74) is 8.67. The Morgan fingerprint density at radius 1 is 1.04 bits per heavy atom. The van der Waals surface area contributed by atoms with E-state index < -0.39 is 10.0 Å². The Morgan fingerprint density at radius 2 is 1.63 bits per heavy atom. The van der Waals surface area contributed by atoms with E-state index in [2.05, 4.69) is 5.32 Å². The van der Waals surface area contributed by atoms with Gasteiger partial charge in [0.1, 0.15) is 0 Å². The molecular weight excluding hydrogens is 386 g/mol. The second-order valence-corrected chi connectivity index (χ2v) is 8.00. The zero-order chi connectivity index (χ0) is 19.5. The largest absolute Gasteiger partial charge is 0.399 e. The third-order valence-electron chi connectivity index (χ3n) is 4.28. The van der Waals surface area contributed by atoms with Crippen molar-refractivity contribution >= 4 is 39.7 Å². The first kappa shape index (κ1) is 23.0. The first-order valence-corrected chi connectivity index (χ1v) is 9.93. The summed E-state index contributed by atoms with van der Waals surface area (Å²) in [4.78, 5) is 12.8. The molecule has 0 aliphatic rings. The highest BCUT2D eigenvalue weighted by molar-refractivity contribution is 7.89. The van der Waals surface area contributed by atoms with Gasteiger partial charge in [-0.25, -0.2) is 8.42 Å². The van der Waals surface area contributed by atoms with E-state index in [1.54, 1.807) is 45.0 Å². The first-order valence-electron chi connectivity index (χ1n) is 8.49. The van der Waals surface area contributed by atoms with Crippen molar-refractivity contribution in [2.24, 2.45) is 0 Å². The Hall–Kier alpha value is -2.09. The van der Waals surface area contributed by atoms with Crippen molar-refractivity contribution < 1.29 is 13.2 Å². The van der Waals surface area contributed by atoms with Gasteiger partial charge in [-0.05, 0) is 49.2 Å². The molecule has 2 aromatic rings. The molecule has 0 saturated heterocycles. The molecule has 0 aliphatic heterocycles. The van der Waals surface area contributed by atoms with Crippen molar-refractivity contribution in [3.63, 3.8) is 0 Å². The summed E-state index contributed by atoms with van der Waals surface area (Å²) in [5, 5.41) is 2.80. The van der Waals surface area contributed by atoms with Crippen LogP contribution in [0, 0.1) is 13.8 Å². The second kappa shape index (κ2) is 9.21. The fourth-order valence-corrected chi connectivity index (χ4v) is 4.40. The molecule has 2 rings (SSSR count). The molecule has 0 aliphatic carbocycles. The standard InChI is InChI=1S/C19H25N3O3S.ClH/c1-5-22(6-2)26(24,25)18-11-15(9-7-14(18)4)19(23)21-17-12-16(20)10-8-13(17)3;/h7-12H,5-6,20H2,1-4H3,(H,21,23);1H. The third-order valence-corrected chi connectivity index (χ3v) is 6.48. The van der Waals surface area contributed by atoms with Crippen molar-refractivity contribution in [1.82, 2.24) is 4.31 Å². The molecule has 27 heavy (non-hydrogen) atoms. The van der Waals surface area contributed by atoms with Crippen LogP contribution in [0.1, 0.15) is 35.3 Å². The van der Waals surface area contributed by atoms with E-state index in [1.807, 2.05) is 13.0 Å². The lowest BCUT2D eigenvalue weighted by Crippen LogP contribution is -2.31. The molecule has 3 N–H and O–H groups in total. The van der Waals surface area contributed by atoms with Gasteiger partial charge < -0.3 is 11.1 Å². The topological polar surface area (TPSA) is 92.5 Å². The number of nitrogens with zero attached hydrogens (tertiary/aromatic N) is 1. The van der Waals surface area contributed by atoms with Crippen LogP contribution in [0.3, 0.4) is 0 Å². The number of carbonyl (C=O) groups excluding carboxylic acids is 1. The number of nitrogens with one attached hydrogen (secondary N) is 1. The highest BCUT2D eigenvalue weighted by Crippen LogP contribution is 2.23. The summed E-state index contributed by atoms with van der Waals surface area (Å²) in [5.74, 6) is -0.380. The molecule has 0 atom stereocenters. The first-order chi connectivity index (χ1) is 12.2. The molecule has 0 heterocycles. The van der Waals surface area contributed by atoms with Gasteiger partial charge in [0, 0.05) is 30.0 Å². The summed E-state index contributed by atoms with van der Waals surface area (Å²) in [6.07, 6.45) is 0. The molecule has 0 fully saturated rings. The quantitative estimate of drug-likeness (QED) is 0.710. The number of rotatable bonds is 6. The van der Waals surface area contributed by atoms with Gasteiger partial charge >= 0.3 is 0 Å². The normalized spacial score (nSPS) is 11.1. The fraction of sp³-hybridized carbons (Fsp3) is 0.316. The maximum atomic E-state index is 12.8. The number of benzene rings is 2. The van der Waals surface area contributed by atoms with Crippen molar-refractivity contribution in [2.75, 3.05) is 24.1 Å². The number of carbonyl (C=O) groups is 1. The minimum atomic E-state index is -3.64. The average molecular weight is 412 g/mol. The fourth-order valence-electron chi connectivity index (χ4n) is 2.69. The van der Waals surface area contributed by atoms with Crippen LogP contribution in [0.25, 0.3) is 0 Å². The molecule has 148 valence electrons. The molecule has 0 radical (unpaired) electrons. The molecule has 1 amide bonds. The minimum Gasteiger partial charge on any atom is -0.399 e. The second-order valence-electron chi connectivity index (χ2n) is 6.10. The lowest BCUT2D eigenvalue weighted by atomic mass is 10.1. The van der Waals surface area contributed by atoms with Gasteiger partial charge in [-0.3, -0.25) is 4.79 Å². The van der Waals surface area contributed by atoms with Gasteiger partial charge in [-0.1, -0.05) is 26.0 Å². The number of nitrogens with two attached hydrogens (primary N) is 1. The summed E-state index contributed by atoms with van der Waals surface area (Å²) in [6.45, 7) is 7.90. The molecule has 8 heteroatoms. The Labute approximate surface area is 167 Å². The maximum Gasteiger partial charge on any atom is 0.255 e. The SMILES string of the molecule is CCN(CC)S(=O)(=O)c1cc(C(=O)Nc2cc(N)ccc2C)ccc1C.Cl. The van der Waals surface area contributed by atoms with E-state index in [0.29, 0.717) is 30.0 Å². The monoisotopic (exact) mass is 411 g/mol. The number of amides is 1. The number of sulfonamides is 1. The molecule has 0 aromatic heterocycles. The number of nitrogen functional groups attached to an aromatic ring is 1. The molecule has 2 aromatic carbocycles. The van der Waals surface area contributed by atoms with E-state index >= 15 is 0 Å². The van der Waals surface area contributed by atoms with Crippen LogP contribution in [-0.2, 0) is 10.0 Å². The van der Waals surface area contributed by atoms with E-state index in [4.69, 9.17) is 5.73 Å². The van der Waals surface area contributed by atoms with E-state index in [0.717, 1.165) is 5.56 Å². The third kappa shape index (κ3) is 5.00. The Kier molecular flexibility index (Phi) is 7.83. The smallest absolute Gasteiger partial charge is 0.255 e. The lowest BCUT2D eigenvalue weighted by Gasteiger charge is -2.20. The Bertz CT molecular complexity index is 926. The minimum absolute atomic E-state index is 0. The molecule has 0 unspecified atom stereocenters. The summed E-state index contributed by atoms with van der Waals surface area (Å²) < 4.78 is 27.0. The average Bonchev–Trinajstić information content (AvgIpc) is 2.59. The zero-order valence-corrected chi connectivity index (χ0v) is 17.6. The predicted octanol–water partition coefficient (Wildman–Crippen LogP) is 3.59. The van der Waals surface area contributed by atoms with Crippen molar-refractivity contribution in [3.8, 4) is 0 Å². The molecule has 0 saturated carbocycles. The van der Waals surface area contributed by atoms with Crippen LogP contribution in [0.15, 0.2) is 41.3 Å². The van der Waals surface area contributed by atoms with Gasteiger partial charge in [0.05, 0.1) is 4.90 Å². The maximum absolute atomic E-state index is 12.8. The van der Waals surface area contributed by atoms with E-state index in [1.165, 1.54) is 10.4 Å². The van der Waals surface area contributed by atoms with Crippen molar-refractivity contribution in [3.05, 3.63) is 53.1 Å². The number of aryl methyl sites for hydroxylation is 2. The summed E-state index contributed by atoms with van der Waals surface area (Å²) in [6, 6.07) is 9.95. The van der Waals surface area contributed by atoms with Gasteiger partial charge in [0.2, 0.25) is 10.0 Å². The van der Waals surface area contributed by atoms with Crippen molar-refractivity contribution in [2.45, 2.75) is 32.6 Å². The predicted molar refractivity (Wildman–Crippen MR) is 112 cm³/mol. The van der Waals surface area contributed by atoms with Crippen LogP contribution >= 0.6 is 12.4 Å². The molecule has 6 nitrogen and oxygen atoms in total. The Balaban J connectivity index is 0.00000364. The molecule has 0 bridgehead atoms. The van der Waals surface area contributed by atoms with Crippen LogP contribution in [0.4, 0.5) is 11.4 Å². The number of anilines is 2. The van der Waals surface area contributed by atoms with Gasteiger partial charge in [-0.2, -0.15) is 4.31 Å². The van der Waals surface area contributed by atoms with Crippen molar-refractivity contribution in [1.29, 1.82) is 0 Å². The highest BCUT2D eigenvalue weighted by atomic mass is 35.5.